The Morgan fingerprint density at radius 1 is 1.24 bits per heavy atom. The normalized spacial score (nSPS) is 10.3. The summed E-state index contributed by atoms with van der Waals surface area (Å²) in [5.41, 5.74) is 3.44. The summed E-state index contributed by atoms with van der Waals surface area (Å²) in [6.07, 6.45) is 0. The third kappa shape index (κ3) is 3.01. The molecule has 0 amide bonds. The van der Waals surface area contributed by atoms with Gasteiger partial charge in [0, 0.05) is 0 Å². The van der Waals surface area contributed by atoms with Gasteiger partial charge in [0.2, 0.25) is 0 Å². The predicted octanol–water partition coefficient (Wildman–Crippen LogP) is 4.20. The number of rotatable bonds is 3. The van der Waals surface area contributed by atoms with Gasteiger partial charge in [-0.15, -0.1) is 0 Å². The van der Waals surface area contributed by atoms with Crippen LogP contribution in [0.1, 0.15) is 19.5 Å². The maximum absolute atomic E-state index is 4.53. The van der Waals surface area contributed by atoms with Gasteiger partial charge in [0.05, 0.1) is 11.4 Å². The van der Waals surface area contributed by atoms with Crippen LogP contribution >= 0.6 is 11.8 Å². The Bertz CT molecular complexity index is 522. The molecule has 0 spiro atoms. The van der Waals surface area contributed by atoms with Crippen molar-refractivity contribution < 1.29 is 0 Å². The van der Waals surface area contributed by atoms with Crippen LogP contribution in [0, 0.1) is 6.92 Å². The summed E-state index contributed by atoms with van der Waals surface area (Å²) in [5.74, 6) is 0. The SMILES string of the molecule is CC(C)=CSc1cc(C)nn1-c1ccccc1. The van der Waals surface area contributed by atoms with Crippen molar-refractivity contribution in [3.05, 3.63) is 53.1 Å². The molecule has 1 heterocycles. The summed E-state index contributed by atoms with van der Waals surface area (Å²) in [7, 11) is 0. The van der Waals surface area contributed by atoms with Crippen molar-refractivity contribution in [2.75, 3.05) is 0 Å². The molecular formula is C14H16N2S. The lowest BCUT2D eigenvalue weighted by atomic mass is 10.3. The Morgan fingerprint density at radius 3 is 2.59 bits per heavy atom. The highest BCUT2D eigenvalue weighted by atomic mass is 32.2. The number of nitrogens with zero attached hydrogens (tertiary/aromatic N) is 2. The zero-order chi connectivity index (χ0) is 12.3. The number of para-hydroxylation sites is 1. The van der Waals surface area contributed by atoms with E-state index in [0.717, 1.165) is 16.4 Å². The van der Waals surface area contributed by atoms with E-state index >= 15 is 0 Å². The Morgan fingerprint density at radius 2 is 1.94 bits per heavy atom. The average Bonchev–Trinajstić information content (AvgIpc) is 2.69. The molecule has 1 aromatic carbocycles. The van der Waals surface area contributed by atoms with E-state index in [2.05, 4.69) is 42.6 Å². The highest BCUT2D eigenvalue weighted by molar-refractivity contribution is 8.02. The van der Waals surface area contributed by atoms with Crippen LogP contribution in [-0.2, 0) is 0 Å². The van der Waals surface area contributed by atoms with E-state index in [0.29, 0.717) is 0 Å². The van der Waals surface area contributed by atoms with Crippen LogP contribution in [0.15, 0.2) is 52.4 Å². The second-order valence-corrected chi connectivity index (χ2v) is 5.07. The largest absolute Gasteiger partial charge is 0.227 e. The second-order valence-electron chi connectivity index (χ2n) is 4.18. The van der Waals surface area contributed by atoms with Gasteiger partial charge in [-0.1, -0.05) is 35.5 Å². The molecule has 0 aliphatic rings. The molecule has 2 rings (SSSR count). The molecule has 88 valence electrons. The monoisotopic (exact) mass is 244 g/mol. The van der Waals surface area contributed by atoms with Crippen molar-refractivity contribution in [3.8, 4) is 5.69 Å². The first-order chi connectivity index (χ1) is 8.16. The molecule has 0 aliphatic carbocycles. The Kier molecular flexibility index (Phi) is 3.69. The fraction of sp³-hybridized carbons (Fsp3) is 0.214. The lowest BCUT2D eigenvalue weighted by Gasteiger charge is -2.04. The first-order valence-corrected chi connectivity index (χ1v) is 6.47. The molecule has 0 N–H and O–H groups in total. The molecule has 1 aromatic heterocycles. The average molecular weight is 244 g/mol. The number of benzene rings is 1. The highest BCUT2D eigenvalue weighted by Gasteiger charge is 2.06. The summed E-state index contributed by atoms with van der Waals surface area (Å²) >= 11 is 1.71. The van der Waals surface area contributed by atoms with E-state index in [1.165, 1.54) is 5.57 Å². The minimum absolute atomic E-state index is 1.04. The van der Waals surface area contributed by atoms with Crippen molar-refractivity contribution in [2.24, 2.45) is 0 Å². The van der Waals surface area contributed by atoms with Crippen LogP contribution in [0.25, 0.3) is 5.69 Å². The van der Waals surface area contributed by atoms with Crippen LogP contribution in [-0.4, -0.2) is 9.78 Å². The Hall–Kier alpha value is -1.48. The minimum atomic E-state index is 1.04. The Labute approximate surface area is 106 Å². The molecule has 2 nitrogen and oxygen atoms in total. The molecule has 0 bridgehead atoms. The van der Waals surface area contributed by atoms with Gasteiger partial charge in [-0.2, -0.15) is 5.10 Å². The smallest absolute Gasteiger partial charge is 0.104 e. The first kappa shape index (κ1) is 12.0. The fourth-order valence-corrected chi connectivity index (χ4v) is 2.33. The summed E-state index contributed by atoms with van der Waals surface area (Å²) in [6, 6.07) is 12.3. The van der Waals surface area contributed by atoms with Crippen LogP contribution in [0.2, 0.25) is 0 Å². The summed E-state index contributed by atoms with van der Waals surface area (Å²) < 4.78 is 1.99. The Balaban J connectivity index is 2.37. The second kappa shape index (κ2) is 5.23. The van der Waals surface area contributed by atoms with Gasteiger partial charge in [0.25, 0.3) is 0 Å². The lowest BCUT2D eigenvalue weighted by molar-refractivity contribution is 0.795. The molecule has 3 heteroatoms. The van der Waals surface area contributed by atoms with Crippen molar-refractivity contribution in [1.29, 1.82) is 0 Å². The van der Waals surface area contributed by atoms with Gasteiger partial charge in [-0.25, -0.2) is 4.68 Å². The van der Waals surface area contributed by atoms with E-state index in [1.807, 2.05) is 29.8 Å². The van der Waals surface area contributed by atoms with Crippen molar-refractivity contribution >= 4 is 11.8 Å². The fourth-order valence-electron chi connectivity index (χ4n) is 1.49. The predicted molar refractivity (Wildman–Crippen MR) is 73.6 cm³/mol. The van der Waals surface area contributed by atoms with Gasteiger partial charge >= 0.3 is 0 Å². The lowest BCUT2D eigenvalue weighted by Crippen LogP contribution is -1.97. The van der Waals surface area contributed by atoms with E-state index in [1.54, 1.807) is 11.8 Å². The van der Waals surface area contributed by atoms with E-state index < -0.39 is 0 Å². The summed E-state index contributed by atoms with van der Waals surface area (Å²) in [4.78, 5) is 0. The zero-order valence-corrected chi connectivity index (χ0v) is 11.2. The molecule has 0 aliphatic heterocycles. The standard InChI is InChI=1S/C14H16N2S/c1-11(2)10-17-14-9-12(3)15-16(14)13-7-5-4-6-8-13/h4-10H,1-3H3. The van der Waals surface area contributed by atoms with Gasteiger partial charge in [0.15, 0.2) is 0 Å². The van der Waals surface area contributed by atoms with Crippen molar-refractivity contribution in [2.45, 2.75) is 25.8 Å². The van der Waals surface area contributed by atoms with Crippen LogP contribution in [0.5, 0.6) is 0 Å². The summed E-state index contributed by atoms with van der Waals surface area (Å²) in [5, 5.41) is 7.82. The van der Waals surface area contributed by atoms with E-state index in [4.69, 9.17) is 0 Å². The number of aryl methyl sites for hydroxylation is 1. The van der Waals surface area contributed by atoms with Gasteiger partial charge in [0.1, 0.15) is 5.03 Å². The number of hydrogen-bond acceptors (Lipinski definition) is 2. The molecule has 0 atom stereocenters. The third-order valence-corrected chi connectivity index (χ3v) is 3.34. The van der Waals surface area contributed by atoms with E-state index in [9.17, 15) is 0 Å². The number of aromatic nitrogens is 2. The quantitative estimate of drug-likeness (QED) is 0.753. The molecule has 17 heavy (non-hydrogen) atoms. The molecule has 0 radical (unpaired) electrons. The molecule has 0 fully saturated rings. The molecular weight excluding hydrogens is 228 g/mol. The number of thioether (sulfide) groups is 1. The van der Waals surface area contributed by atoms with E-state index in [-0.39, 0.29) is 0 Å². The molecule has 0 unspecified atom stereocenters. The highest BCUT2D eigenvalue weighted by Crippen LogP contribution is 2.24. The molecule has 2 aromatic rings. The number of allylic oxidation sites excluding steroid dienone is 1. The van der Waals surface area contributed by atoms with Gasteiger partial charge in [-0.3, -0.25) is 0 Å². The number of hydrogen-bond donors (Lipinski definition) is 0. The maximum Gasteiger partial charge on any atom is 0.104 e. The van der Waals surface area contributed by atoms with Gasteiger partial charge < -0.3 is 0 Å². The zero-order valence-electron chi connectivity index (χ0n) is 10.3. The van der Waals surface area contributed by atoms with Crippen LogP contribution in [0.3, 0.4) is 0 Å². The first-order valence-electron chi connectivity index (χ1n) is 5.59. The van der Waals surface area contributed by atoms with Gasteiger partial charge in [-0.05, 0) is 44.4 Å². The third-order valence-electron chi connectivity index (χ3n) is 2.21. The van der Waals surface area contributed by atoms with Crippen LogP contribution < -0.4 is 0 Å². The minimum Gasteiger partial charge on any atom is -0.227 e. The molecule has 0 saturated heterocycles. The summed E-state index contributed by atoms with van der Waals surface area (Å²) in [6.45, 7) is 6.22. The van der Waals surface area contributed by atoms with Crippen LogP contribution in [0.4, 0.5) is 0 Å². The molecule has 0 saturated carbocycles. The topological polar surface area (TPSA) is 17.8 Å². The maximum atomic E-state index is 4.53. The van der Waals surface area contributed by atoms with Crippen molar-refractivity contribution in [1.82, 2.24) is 9.78 Å². The van der Waals surface area contributed by atoms with Crippen molar-refractivity contribution in [3.63, 3.8) is 0 Å².